The number of aliphatic hydroxyl groups is 1. The number of nitrogens with zero attached hydrogens (tertiary/aromatic N) is 1. The topological polar surface area (TPSA) is 54.0 Å². The van der Waals surface area contributed by atoms with E-state index < -0.39 is 6.10 Å². The predicted molar refractivity (Wildman–Crippen MR) is 83.4 cm³/mol. The molecule has 1 heterocycles. The van der Waals surface area contributed by atoms with Crippen LogP contribution in [0.5, 0.6) is 11.5 Å². The molecule has 1 aromatic carbocycles. The first-order chi connectivity index (χ1) is 10.1. The second kappa shape index (κ2) is 7.31. The fourth-order valence-corrected chi connectivity index (χ4v) is 2.89. The number of hydrogen-bond acceptors (Lipinski definition) is 5. The first-order valence-corrected chi connectivity index (χ1v) is 7.50. The zero-order valence-corrected chi connectivity index (χ0v) is 13.5. The van der Waals surface area contributed by atoms with Crippen molar-refractivity contribution in [2.75, 3.05) is 40.4 Å². The van der Waals surface area contributed by atoms with E-state index in [-0.39, 0.29) is 6.04 Å². The fourth-order valence-electron chi connectivity index (χ4n) is 2.66. The van der Waals surface area contributed by atoms with Crippen molar-refractivity contribution in [3.05, 3.63) is 22.7 Å². The maximum absolute atomic E-state index is 10.7. The third-order valence-corrected chi connectivity index (χ3v) is 4.30. The minimum Gasteiger partial charge on any atom is -0.496 e. The van der Waals surface area contributed by atoms with Gasteiger partial charge in [-0.05, 0) is 13.0 Å². The molecule has 0 radical (unpaired) electrons. The van der Waals surface area contributed by atoms with Crippen molar-refractivity contribution in [3.8, 4) is 11.5 Å². The van der Waals surface area contributed by atoms with Crippen molar-refractivity contribution in [2.24, 2.45) is 0 Å². The van der Waals surface area contributed by atoms with E-state index in [1.54, 1.807) is 26.4 Å². The van der Waals surface area contributed by atoms with Crippen LogP contribution in [0.4, 0.5) is 0 Å². The van der Waals surface area contributed by atoms with E-state index in [2.05, 4.69) is 10.2 Å². The summed E-state index contributed by atoms with van der Waals surface area (Å²) in [6.07, 6.45) is -0.663. The van der Waals surface area contributed by atoms with E-state index in [1.165, 1.54) is 0 Å². The van der Waals surface area contributed by atoms with Gasteiger partial charge in [0.05, 0.1) is 25.3 Å². The lowest BCUT2D eigenvalue weighted by Gasteiger charge is -2.35. The first kappa shape index (κ1) is 16.4. The van der Waals surface area contributed by atoms with Crippen molar-refractivity contribution in [2.45, 2.75) is 19.1 Å². The summed E-state index contributed by atoms with van der Waals surface area (Å²) in [5.41, 5.74) is 0.699. The molecular formula is C15H23ClN2O3. The SMILES string of the molecule is COc1cc(C(O)C(C)N2CCNCC2)c(OC)cc1Cl. The van der Waals surface area contributed by atoms with Crippen LogP contribution in [-0.4, -0.2) is 56.4 Å². The summed E-state index contributed by atoms with van der Waals surface area (Å²) in [7, 11) is 3.13. The standard InChI is InChI=1S/C15H23ClN2O3/c1-10(18-6-4-17-5-7-18)15(19)11-8-14(21-3)12(16)9-13(11)20-2/h8-10,15,17,19H,4-7H2,1-3H3. The van der Waals surface area contributed by atoms with E-state index in [0.717, 1.165) is 26.2 Å². The Hall–Kier alpha value is -1.01. The largest absolute Gasteiger partial charge is 0.496 e. The number of rotatable bonds is 5. The molecule has 2 unspecified atom stereocenters. The molecule has 0 spiro atoms. The molecule has 2 rings (SSSR count). The average Bonchev–Trinajstić information content (AvgIpc) is 2.54. The minimum absolute atomic E-state index is 0.00752. The molecule has 0 bridgehead atoms. The summed E-state index contributed by atoms with van der Waals surface area (Å²) in [6, 6.07) is 3.43. The number of halogens is 1. The summed E-state index contributed by atoms with van der Waals surface area (Å²) in [5, 5.41) is 14.5. The highest BCUT2D eigenvalue weighted by Crippen LogP contribution is 2.37. The zero-order valence-electron chi connectivity index (χ0n) is 12.7. The van der Waals surface area contributed by atoms with Crippen LogP contribution in [0.3, 0.4) is 0 Å². The van der Waals surface area contributed by atoms with Crippen molar-refractivity contribution in [3.63, 3.8) is 0 Å². The number of ether oxygens (including phenoxy) is 2. The lowest BCUT2D eigenvalue weighted by atomic mass is 10.00. The predicted octanol–water partition coefficient (Wildman–Crippen LogP) is 1.68. The quantitative estimate of drug-likeness (QED) is 0.866. The smallest absolute Gasteiger partial charge is 0.138 e. The van der Waals surface area contributed by atoms with E-state index in [4.69, 9.17) is 21.1 Å². The van der Waals surface area contributed by atoms with E-state index in [1.807, 2.05) is 6.92 Å². The summed E-state index contributed by atoms with van der Waals surface area (Å²) >= 11 is 6.11. The minimum atomic E-state index is -0.663. The molecule has 2 N–H and O–H groups in total. The maximum atomic E-state index is 10.7. The Morgan fingerprint density at radius 1 is 1.19 bits per heavy atom. The van der Waals surface area contributed by atoms with Gasteiger partial charge in [-0.15, -0.1) is 0 Å². The van der Waals surface area contributed by atoms with Gasteiger partial charge in [0.1, 0.15) is 11.5 Å². The summed E-state index contributed by atoms with van der Waals surface area (Å²) in [6.45, 7) is 5.75. The molecule has 5 nitrogen and oxygen atoms in total. The average molecular weight is 315 g/mol. The Labute approximate surface area is 130 Å². The Morgan fingerprint density at radius 3 is 2.38 bits per heavy atom. The Morgan fingerprint density at radius 2 is 1.81 bits per heavy atom. The number of nitrogens with one attached hydrogen (secondary N) is 1. The number of hydrogen-bond donors (Lipinski definition) is 2. The van der Waals surface area contributed by atoms with Crippen LogP contribution in [0.25, 0.3) is 0 Å². The van der Waals surface area contributed by atoms with Gasteiger partial charge < -0.3 is 19.9 Å². The molecule has 118 valence electrons. The third-order valence-electron chi connectivity index (χ3n) is 4.01. The maximum Gasteiger partial charge on any atom is 0.138 e. The second-order valence-corrected chi connectivity index (χ2v) is 5.61. The van der Waals surface area contributed by atoms with Gasteiger partial charge in [-0.2, -0.15) is 0 Å². The fraction of sp³-hybridized carbons (Fsp3) is 0.600. The van der Waals surface area contributed by atoms with Crippen molar-refractivity contribution >= 4 is 11.6 Å². The second-order valence-electron chi connectivity index (χ2n) is 5.20. The van der Waals surface area contributed by atoms with Crippen LogP contribution in [0.15, 0.2) is 12.1 Å². The van der Waals surface area contributed by atoms with E-state index in [9.17, 15) is 5.11 Å². The van der Waals surface area contributed by atoms with Gasteiger partial charge in [0, 0.05) is 43.9 Å². The Bertz CT molecular complexity index is 478. The summed E-state index contributed by atoms with van der Waals surface area (Å²) in [5.74, 6) is 1.12. The number of benzene rings is 1. The van der Waals surface area contributed by atoms with Gasteiger partial charge in [-0.25, -0.2) is 0 Å². The monoisotopic (exact) mass is 314 g/mol. The van der Waals surface area contributed by atoms with Gasteiger partial charge >= 0.3 is 0 Å². The first-order valence-electron chi connectivity index (χ1n) is 7.12. The molecule has 1 saturated heterocycles. The lowest BCUT2D eigenvalue weighted by Crippen LogP contribution is -2.49. The molecule has 0 amide bonds. The van der Waals surface area contributed by atoms with E-state index >= 15 is 0 Å². The summed E-state index contributed by atoms with van der Waals surface area (Å²) in [4.78, 5) is 2.27. The summed E-state index contributed by atoms with van der Waals surface area (Å²) < 4.78 is 10.6. The molecule has 1 aromatic rings. The lowest BCUT2D eigenvalue weighted by molar-refractivity contribution is 0.0493. The van der Waals surface area contributed by atoms with Crippen LogP contribution >= 0.6 is 11.6 Å². The molecule has 21 heavy (non-hydrogen) atoms. The third kappa shape index (κ3) is 3.61. The van der Waals surface area contributed by atoms with Crippen LogP contribution in [0.2, 0.25) is 5.02 Å². The van der Waals surface area contributed by atoms with Crippen molar-refractivity contribution in [1.29, 1.82) is 0 Å². The highest BCUT2D eigenvalue weighted by atomic mass is 35.5. The van der Waals surface area contributed by atoms with Gasteiger partial charge in [0.2, 0.25) is 0 Å². The molecule has 1 fully saturated rings. The van der Waals surface area contributed by atoms with Crippen molar-refractivity contribution in [1.82, 2.24) is 10.2 Å². The van der Waals surface area contributed by atoms with Gasteiger partial charge in [0.15, 0.2) is 0 Å². The molecule has 1 aliphatic rings. The Kier molecular flexibility index (Phi) is 5.70. The highest BCUT2D eigenvalue weighted by molar-refractivity contribution is 6.32. The Balaban J connectivity index is 2.26. The molecule has 0 saturated carbocycles. The molecule has 0 aromatic heterocycles. The van der Waals surface area contributed by atoms with Gasteiger partial charge in [-0.3, -0.25) is 4.90 Å². The number of methoxy groups -OCH3 is 2. The van der Waals surface area contributed by atoms with Crippen LogP contribution < -0.4 is 14.8 Å². The van der Waals surface area contributed by atoms with Crippen LogP contribution in [-0.2, 0) is 0 Å². The number of aliphatic hydroxyl groups excluding tert-OH is 1. The number of piperazine rings is 1. The molecule has 1 aliphatic heterocycles. The highest BCUT2D eigenvalue weighted by Gasteiger charge is 2.27. The van der Waals surface area contributed by atoms with Gasteiger partial charge in [-0.1, -0.05) is 11.6 Å². The normalized spacial score (nSPS) is 19.1. The van der Waals surface area contributed by atoms with Crippen LogP contribution in [0.1, 0.15) is 18.6 Å². The zero-order chi connectivity index (χ0) is 15.4. The molecule has 6 heteroatoms. The van der Waals surface area contributed by atoms with Gasteiger partial charge in [0.25, 0.3) is 0 Å². The van der Waals surface area contributed by atoms with Crippen molar-refractivity contribution < 1.29 is 14.6 Å². The van der Waals surface area contributed by atoms with E-state index in [0.29, 0.717) is 22.1 Å². The molecule has 2 atom stereocenters. The van der Waals surface area contributed by atoms with Crippen LogP contribution in [0, 0.1) is 0 Å². The molecule has 0 aliphatic carbocycles. The molecular weight excluding hydrogens is 292 g/mol.